The van der Waals surface area contributed by atoms with Crippen molar-refractivity contribution in [2.75, 3.05) is 26.2 Å². The van der Waals surface area contributed by atoms with Crippen LogP contribution in [0.1, 0.15) is 36.5 Å². The molecule has 0 amide bonds. The van der Waals surface area contributed by atoms with Crippen molar-refractivity contribution in [3.05, 3.63) is 34.9 Å². The first-order valence-corrected chi connectivity index (χ1v) is 8.31. The second-order valence-corrected chi connectivity index (χ2v) is 6.67. The van der Waals surface area contributed by atoms with E-state index >= 15 is 0 Å². The second-order valence-electron chi connectivity index (χ2n) is 6.23. The van der Waals surface area contributed by atoms with Crippen molar-refractivity contribution in [2.45, 2.75) is 38.3 Å². The van der Waals surface area contributed by atoms with Crippen LogP contribution < -0.4 is 0 Å². The normalized spacial score (nSPS) is 25.3. The molecule has 3 nitrogen and oxygen atoms in total. The molecule has 3 rings (SSSR count). The highest BCUT2D eigenvalue weighted by molar-refractivity contribution is 6.31. The van der Waals surface area contributed by atoms with Crippen molar-refractivity contribution in [3.63, 3.8) is 0 Å². The number of halogens is 1. The van der Waals surface area contributed by atoms with E-state index in [0.717, 1.165) is 25.2 Å². The molecule has 1 aromatic rings. The number of hydrogen-bond acceptors (Lipinski definition) is 3. The number of piperazine rings is 1. The minimum absolute atomic E-state index is 0.0625. The van der Waals surface area contributed by atoms with E-state index in [-0.39, 0.29) is 11.8 Å². The van der Waals surface area contributed by atoms with Crippen molar-refractivity contribution in [3.8, 4) is 0 Å². The van der Waals surface area contributed by atoms with E-state index in [1.54, 1.807) is 6.07 Å². The summed E-state index contributed by atoms with van der Waals surface area (Å²) >= 11 is 6.00. The predicted octanol–water partition coefficient (Wildman–Crippen LogP) is 3.08. The number of carbonyl (C=O) groups is 1. The summed E-state index contributed by atoms with van der Waals surface area (Å²) in [6.45, 7) is 6.37. The third kappa shape index (κ3) is 3.31. The molecule has 1 aromatic carbocycles. The van der Waals surface area contributed by atoms with Gasteiger partial charge in [-0.3, -0.25) is 14.6 Å². The average molecular weight is 307 g/mol. The highest BCUT2D eigenvalue weighted by atomic mass is 35.5. The summed E-state index contributed by atoms with van der Waals surface area (Å²) in [6.07, 6.45) is 3.92. The fourth-order valence-corrected chi connectivity index (χ4v) is 3.77. The maximum atomic E-state index is 12.6. The molecule has 2 saturated heterocycles. The summed E-state index contributed by atoms with van der Waals surface area (Å²) in [5, 5.41) is 0.630. The topological polar surface area (TPSA) is 23.6 Å². The number of nitrogens with zero attached hydrogens (tertiary/aromatic N) is 2. The third-order valence-corrected chi connectivity index (χ3v) is 5.14. The standard InChI is InChI=1S/C17H23ClN2O/c1-13(17(21)14-5-4-6-15(18)11-14)20-10-9-19-8-3-2-7-16(19)12-20/h4-6,11,13,16H,2-3,7-10,12H2,1H3. The Morgan fingerprint density at radius 2 is 2.14 bits per heavy atom. The summed E-state index contributed by atoms with van der Waals surface area (Å²) in [4.78, 5) is 17.6. The minimum Gasteiger partial charge on any atom is -0.298 e. The van der Waals surface area contributed by atoms with E-state index in [4.69, 9.17) is 11.6 Å². The van der Waals surface area contributed by atoms with Gasteiger partial charge < -0.3 is 0 Å². The van der Waals surface area contributed by atoms with Gasteiger partial charge in [-0.2, -0.15) is 0 Å². The van der Waals surface area contributed by atoms with Crippen LogP contribution in [0, 0.1) is 0 Å². The van der Waals surface area contributed by atoms with Gasteiger partial charge in [0.05, 0.1) is 6.04 Å². The van der Waals surface area contributed by atoms with Gasteiger partial charge in [-0.05, 0) is 38.4 Å². The molecule has 0 radical (unpaired) electrons. The maximum absolute atomic E-state index is 12.6. The first-order chi connectivity index (χ1) is 10.1. The quantitative estimate of drug-likeness (QED) is 0.802. The number of rotatable bonds is 3. The SMILES string of the molecule is CC(C(=O)c1cccc(Cl)c1)N1CCN2CCCCC2C1. The Labute approximate surface area is 131 Å². The number of carbonyl (C=O) groups excluding carboxylic acids is 1. The zero-order valence-corrected chi connectivity index (χ0v) is 13.4. The van der Waals surface area contributed by atoms with Crippen LogP contribution in [-0.2, 0) is 0 Å². The number of ketones is 1. The summed E-state index contributed by atoms with van der Waals surface area (Å²) in [5.74, 6) is 0.182. The van der Waals surface area contributed by atoms with Crippen LogP contribution in [0.4, 0.5) is 0 Å². The van der Waals surface area contributed by atoms with E-state index in [9.17, 15) is 4.79 Å². The number of piperidine rings is 1. The summed E-state index contributed by atoms with van der Waals surface area (Å²) < 4.78 is 0. The van der Waals surface area contributed by atoms with E-state index in [2.05, 4.69) is 9.80 Å². The first kappa shape index (κ1) is 15.0. The van der Waals surface area contributed by atoms with Crippen LogP contribution in [0.3, 0.4) is 0 Å². The van der Waals surface area contributed by atoms with Gasteiger partial charge in [-0.15, -0.1) is 0 Å². The van der Waals surface area contributed by atoms with Crippen LogP contribution in [0.15, 0.2) is 24.3 Å². The van der Waals surface area contributed by atoms with Gasteiger partial charge in [0.1, 0.15) is 0 Å². The maximum Gasteiger partial charge on any atom is 0.179 e. The molecule has 0 aliphatic carbocycles. The largest absolute Gasteiger partial charge is 0.298 e. The smallest absolute Gasteiger partial charge is 0.179 e. The van der Waals surface area contributed by atoms with Crippen LogP contribution in [0.5, 0.6) is 0 Å². The zero-order valence-electron chi connectivity index (χ0n) is 12.6. The molecule has 0 N–H and O–H groups in total. The van der Waals surface area contributed by atoms with Crippen molar-refractivity contribution in [1.29, 1.82) is 0 Å². The van der Waals surface area contributed by atoms with Crippen molar-refractivity contribution < 1.29 is 4.79 Å². The zero-order chi connectivity index (χ0) is 14.8. The molecule has 114 valence electrons. The third-order valence-electron chi connectivity index (χ3n) is 4.91. The van der Waals surface area contributed by atoms with E-state index in [1.165, 1.54) is 25.8 Å². The fourth-order valence-electron chi connectivity index (χ4n) is 3.58. The molecule has 2 atom stereocenters. The van der Waals surface area contributed by atoms with Crippen molar-refractivity contribution >= 4 is 17.4 Å². The molecule has 2 aliphatic heterocycles. The molecule has 2 heterocycles. The minimum atomic E-state index is -0.0625. The van der Waals surface area contributed by atoms with E-state index in [1.807, 2.05) is 25.1 Å². The molecular formula is C17H23ClN2O. The van der Waals surface area contributed by atoms with Gasteiger partial charge in [0.25, 0.3) is 0 Å². The van der Waals surface area contributed by atoms with Gasteiger partial charge in [0, 0.05) is 36.3 Å². The average Bonchev–Trinajstić information content (AvgIpc) is 2.53. The number of hydrogen-bond donors (Lipinski definition) is 0. The Balaban J connectivity index is 1.67. The molecule has 0 bridgehead atoms. The Morgan fingerprint density at radius 3 is 2.95 bits per heavy atom. The summed E-state index contributed by atoms with van der Waals surface area (Å²) in [7, 11) is 0. The molecule has 0 aromatic heterocycles. The molecule has 0 saturated carbocycles. The number of fused-ring (bicyclic) bond motifs is 1. The molecule has 2 aliphatic rings. The van der Waals surface area contributed by atoms with Crippen molar-refractivity contribution in [1.82, 2.24) is 9.80 Å². The molecule has 0 spiro atoms. The van der Waals surface area contributed by atoms with Gasteiger partial charge >= 0.3 is 0 Å². The lowest BCUT2D eigenvalue weighted by molar-refractivity contribution is 0.0300. The Kier molecular flexibility index (Phi) is 4.63. The number of Topliss-reactive ketones (excluding diaryl/α,β-unsaturated/α-hetero) is 1. The molecular weight excluding hydrogens is 284 g/mol. The van der Waals surface area contributed by atoms with Gasteiger partial charge in [-0.25, -0.2) is 0 Å². The Morgan fingerprint density at radius 1 is 1.29 bits per heavy atom. The van der Waals surface area contributed by atoms with Crippen LogP contribution in [-0.4, -0.2) is 53.8 Å². The lowest BCUT2D eigenvalue weighted by Crippen LogP contribution is -2.57. The van der Waals surface area contributed by atoms with E-state index in [0.29, 0.717) is 11.1 Å². The first-order valence-electron chi connectivity index (χ1n) is 7.93. The fraction of sp³-hybridized carbons (Fsp3) is 0.588. The number of benzene rings is 1. The van der Waals surface area contributed by atoms with E-state index < -0.39 is 0 Å². The Hall–Kier alpha value is -0.900. The van der Waals surface area contributed by atoms with Gasteiger partial charge in [0.2, 0.25) is 0 Å². The predicted molar refractivity (Wildman–Crippen MR) is 86.0 cm³/mol. The molecule has 21 heavy (non-hydrogen) atoms. The lowest BCUT2D eigenvalue weighted by atomic mass is 9.97. The lowest BCUT2D eigenvalue weighted by Gasteiger charge is -2.45. The van der Waals surface area contributed by atoms with Gasteiger partial charge in [0.15, 0.2) is 5.78 Å². The highest BCUT2D eigenvalue weighted by Crippen LogP contribution is 2.23. The summed E-state index contributed by atoms with van der Waals surface area (Å²) in [6, 6.07) is 7.87. The summed E-state index contributed by atoms with van der Waals surface area (Å²) in [5.41, 5.74) is 0.723. The Bertz CT molecular complexity index is 519. The highest BCUT2D eigenvalue weighted by Gasteiger charge is 2.33. The molecule has 2 fully saturated rings. The monoisotopic (exact) mass is 306 g/mol. The van der Waals surface area contributed by atoms with Crippen LogP contribution in [0.25, 0.3) is 0 Å². The molecule has 4 heteroatoms. The van der Waals surface area contributed by atoms with Crippen molar-refractivity contribution in [2.24, 2.45) is 0 Å². The van der Waals surface area contributed by atoms with Crippen LogP contribution in [0.2, 0.25) is 5.02 Å². The second kappa shape index (κ2) is 6.47. The molecule has 2 unspecified atom stereocenters. The van der Waals surface area contributed by atoms with Gasteiger partial charge in [-0.1, -0.05) is 30.2 Å². The van der Waals surface area contributed by atoms with Crippen LogP contribution >= 0.6 is 11.6 Å².